The third kappa shape index (κ3) is 4.12. The monoisotopic (exact) mass is 404 g/mol. The molecule has 0 bridgehead atoms. The highest BCUT2D eigenvalue weighted by Crippen LogP contribution is 2.36. The number of rotatable bonds is 6. The Morgan fingerprint density at radius 2 is 1.86 bits per heavy atom. The highest BCUT2D eigenvalue weighted by Gasteiger charge is 2.31. The first-order valence-electron chi connectivity index (χ1n) is 8.41. The van der Waals surface area contributed by atoms with Gasteiger partial charge >= 0.3 is 6.61 Å². The summed E-state index contributed by atoms with van der Waals surface area (Å²) in [4.78, 5) is 12.5. The normalized spacial score (nSPS) is 16.5. The number of benzene rings is 2. The maximum Gasteiger partial charge on any atom is 0.387 e. The minimum absolute atomic E-state index is 0.120. The molecule has 0 saturated carbocycles. The summed E-state index contributed by atoms with van der Waals surface area (Å²) in [6.45, 7) is -1.56. The van der Waals surface area contributed by atoms with Gasteiger partial charge in [-0.3, -0.25) is 4.79 Å². The molecule has 0 amide bonds. The van der Waals surface area contributed by atoms with Gasteiger partial charge in [0.1, 0.15) is 0 Å². The summed E-state index contributed by atoms with van der Waals surface area (Å²) >= 11 is 5.31. The Balaban J connectivity index is 2.14. The third-order valence-electron chi connectivity index (χ3n) is 4.25. The van der Waals surface area contributed by atoms with Crippen LogP contribution in [0.3, 0.4) is 0 Å². The van der Waals surface area contributed by atoms with Gasteiger partial charge in [-0.2, -0.15) is 8.78 Å². The average Bonchev–Trinajstić information content (AvgIpc) is 2.67. The molecule has 1 heterocycles. The van der Waals surface area contributed by atoms with Gasteiger partial charge < -0.3 is 20.1 Å². The average molecular weight is 404 g/mol. The summed E-state index contributed by atoms with van der Waals surface area (Å²) in [6, 6.07) is 13.3. The van der Waals surface area contributed by atoms with Gasteiger partial charge in [-0.1, -0.05) is 36.4 Å². The Hall–Kier alpha value is -3.00. The highest BCUT2D eigenvalue weighted by atomic mass is 32.1. The number of Topliss-reactive ketones (excluding diaryl/α,β-unsaturated/α-hetero) is 1. The summed E-state index contributed by atoms with van der Waals surface area (Å²) in [5.74, 6) is -0.138. The van der Waals surface area contributed by atoms with Gasteiger partial charge in [0.25, 0.3) is 0 Å². The van der Waals surface area contributed by atoms with E-state index in [1.54, 1.807) is 6.07 Å². The van der Waals surface area contributed by atoms with Crippen LogP contribution in [0.15, 0.2) is 54.1 Å². The molecule has 0 spiro atoms. The van der Waals surface area contributed by atoms with Crippen molar-refractivity contribution in [2.75, 3.05) is 7.11 Å². The van der Waals surface area contributed by atoms with E-state index in [0.717, 1.165) is 5.56 Å². The van der Waals surface area contributed by atoms with Gasteiger partial charge in [0.2, 0.25) is 0 Å². The molecule has 2 aromatic carbocycles. The Kier molecular flexibility index (Phi) is 5.89. The lowest BCUT2D eigenvalue weighted by molar-refractivity contribution is -0.113. The van der Waals surface area contributed by atoms with Crippen LogP contribution in [0.4, 0.5) is 8.78 Å². The fourth-order valence-electron chi connectivity index (χ4n) is 3.09. The fraction of sp³-hybridized carbons (Fsp3) is 0.200. The van der Waals surface area contributed by atoms with Gasteiger partial charge in [0, 0.05) is 5.57 Å². The molecule has 3 rings (SSSR count). The minimum Gasteiger partial charge on any atom is -0.493 e. The summed E-state index contributed by atoms with van der Waals surface area (Å²) in [6.07, 6.45) is 0. The molecule has 8 heteroatoms. The number of carbonyl (C=O) groups excluding carboxylic acids is 1. The van der Waals surface area contributed by atoms with Crippen LogP contribution < -0.4 is 20.1 Å². The lowest BCUT2D eigenvalue weighted by atomic mass is 9.90. The van der Waals surface area contributed by atoms with E-state index in [9.17, 15) is 13.6 Å². The van der Waals surface area contributed by atoms with Gasteiger partial charge in [-0.05, 0) is 42.4 Å². The SMILES string of the molecule is COc1ccc([C@@H]2NC(=S)NC(c3ccccc3)=C2C(C)=O)cc1OC(F)F. The van der Waals surface area contributed by atoms with Crippen molar-refractivity contribution in [2.24, 2.45) is 0 Å². The predicted octanol–water partition coefficient (Wildman–Crippen LogP) is 3.82. The minimum atomic E-state index is -3.01. The van der Waals surface area contributed by atoms with Crippen molar-refractivity contribution in [3.05, 3.63) is 65.2 Å². The molecule has 28 heavy (non-hydrogen) atoms. The molecular weight excluding hydrogens is 386 g/mol. The molecule has 0 unspecified atom stereocenters. The zero-order valence-electron chi connectivity index (χ0n) is 15.2. The first kappa shape index (κ1) is 19.8. The van der Waals surface area contributed by atoms with Crippen molar-refractivity contribution in [3.8, 4) is 11.5 Å². The topological polar surface area (TPSA) is 59.6 Å². The van der Waals surface area contributed by atoms with E-state index in [1.807, 2.05) is 30.3 Å². The largest absolute Gasteiger partial charge is 0.493 e. The maximum atomic E-state index is 12.8. The van der Waals surface area contributed by atoms with Crippen molar-refractivity contribution in [2.45, 2.75) is 19.6 Å². The number of ether oxygens (including phenoxy) is 2. The number of thiocarbonyl (C=S) groups is 1. The molecular formula is C20H18F2N2O3S. The molecule has 0 radical (unpaired) electrons. The molecule has 146 valence electrons. The van der Waals surface area contributed by atoms with Gasteiger partial charge in [-0.15, -0.1) is 0 Å². The van der Waals surface area contributed by atoms with Crippen LogP contribution in [0.1, 0.15) is 24.1 Å². The number of carbonyl (C=O) groups is 1. The molecule has 1 aliphatic rings. The number of hydrogen-bond acceptors (Lipinski definition) is 4. The van der Waals surface area contributed by atoms with Crippen LogP contribution in [0.5, 0.6) is 11.5 Å². The number of ketones is 1. The fourth-order valence-corrected chi connectivity index (χ4v) is 3.31. The number of nitrogens with one attached hydrogen (secondary N) is 2. The van der Waals surface area contributed by atoms with Crippen LogP contribution in [-0.2, 0) is 4.79 Å². The summed E-state index contributed by atoms with van der Waals surface area (Å²) in [5.41, 5.74) is 2.35. The molecule has 0 aromatic heterocycles. The standard InChI is InChI=1S/C20H18F2N2O3S/c1-11(25)16-17(12-6-4-3-5-7-12)23-20(28)24-18(16)13-8-9-14(26-2)15(10-13)27-19(21)22/h3-10,18-19H,1-2H3,(H2,23,24,28)/t18-/m0/s1. The smallest absolute Gasteiger partial charge is 0.387 e. The van der Waals surface area contributed by atoms with E-state index >= 15 is 0 Å². The molecule has 0 fully saturated rings. The Morgan fingerprint density at radius 3 is 2.46 bits per heavy atom. The third-order valence-corrected chi connectivity index (χ3v) is 4.47. The molecule has 2 aromatic rings. The molecule has 0 aliphatic carbocycles. The number of hydrogen-bond donors (Lipinski definition) is 2. The van der Waals surface area contributed by atoms with Crippen LogP contribution in [0, 0.1) is 0 Å². The molecule has 1 aliphatic heterocycles. The van der Waals surface area contributed by atoms with Crippen molar-refractivity contribution in [1.29, 1.82) is 0 Å². The van der Waals surface area contributed by atoms with E-state index in [-0.39, 0.29) is 17.3 Å². The summed E-state index contributed by atoms with van der Waals surface area (Å²) in [7, 11) is 1.36. The quantitative estimate of drug-likeness (QED) is 0.714. The van der Waals surface area contributed by atoms with Crippen molar-refractivity contribution >= 4 is 28.8 Å². The van der Waals surface area contributed by atoms with Crippen molar-refractivity contribution in [3.63, 3.8) is 0 Å². The van der Waals surface area contributed by atoms with Crippen LogP contribution in [0.25, 0.3) is 5.70 Å². The Labute approximate surface area is 166 Å². The molecule has 1 atom stereocenters. The van der Waals surface area contributed by atoms with Gasteiger partial charge in [0.05, 0.1) is 18.8 Å². The maximum absolute atomic E-state index is 12.8. The van der Waals surface area contributed by atoms with E-state index < -0.39 is 12.7 Å². The summed E-state index contributed by atoms with van der Waals surface area (Å²) < 4.78 is 35.2. The number of halogens is 2. The Bertz CT molecular complexity index is 932. The van der Waals surface area contributed by atoms with Gasteiger partial charge in [-0.25, -0.2) is 0 Å². The predicted molar refractivity (Wildman–Crippen MR) is 105 cm³/mol. The second kappa shape index (κ2) is 8.35. The lowest BCUT2D eigenvalue weighted by Gasteiger charge is -2.31. The number of alkyl halides is 2. The Morgan fingerprint density at radius 1 is 1.14 bits per heavy atom. The lowest BCUT2D eigenvalue weighted by Crippen LogP contribution is -2.44. The molecule has 0 saturated heterocycles. The zero-order chi connectivity index (χ0) is 20.3. The van der Waals surface area contributed by atoms with Crippen molar-refractivity contribution in [1.82, 2.24) is 10.6 Å². The zero-order valence-corrected chi connectivity index (χ0v) is 16.0. The second-order valence-corrected chi connectivity index (χ2v) is 6.44. The second-order valence-electron chi connectivity index (χ2n) is 6.03. The molecule has 5 nitrogen and oxygen atoms in total. The van der Waals surface area contributed by atoms with E-state index in [1.165, 1.54) is 26.2 Å². The van der Waals surface area contributed by atoms with Crippen LogP contribution >= 0.6 is 12.2 Å². The first-order chi connectivity index (χ1) is 13.4. The van der Waals surface area contributed by atoms with Crippen LogP contribution in [-0.4, -0.2) is 24.6 Å². The van der Waals surface area contributed by atoms with Crippen LogP contribution in [0.2, 0.25) is 0 Å². The van der Waals surface area contributed by atoms with Gasteiger partial charge in [0.15, 0.2) is 22.4 Å². The van der Waals surface area contributed by atoms with E-state index in [2.05, 4.69) is 15.4 Å². The summed E-state index contributed by atoms with van der Waals surface area (Å²) in [5, 5.41) is 6.40. The molecule has 2 N–H and O–H groups in total. The highest BCUT2D eigenvalue weighted by molar-refractivity contribution is 7.80. The van der Waals surface area contributed by atoms with E-state index in [4.69, 9.17) is 17.0 Å². The number of methoxy groups -OCH3 is 1. The van der Waals surface area contributed by atoms with E-state index in [0.29, 0.717) is 21.9 Å². The van der Waals surface area contributed by atoms with Crippen molar-refractivity contribution < 1.29 is 23.0 Å². The first-order valence-corrected chi connectivity index (χ1v) is 8.82.